The first-order chi connectivity index (χ1) is 14.9. The minimum Gasteiger partial charge on any atom is -0.378 e. The minimum absolute atomic E-state index is 0.0789. The van der Waals surface area contributed by atoms with Gasteiger partial charge >= 0.3 is 0 Å². The van der Waals surface area contributed by atoms with Crippen molar-refractivity contribution in [2.45, 2.75) is 50.0 Å². The molecule has 6 nitrogen and oxygen atoms in total. The fraction of sp³-hybridized carbons (Fsp3) is 0.435. The highest BCUT2D eigenvalue weighted by molar-refractivity contribution is 7.92. The van der Waals surface area contributed by atoms with Gasteiger partial charge in [-0.3, -0.25) is 9.10 Å². The lowest BCUT2D eigenvalue weighted by Crippen LogP contribution is -2.41. The van der Waals surface area contributed by atoms with Crippen molar-refractivity contribution in [3.05, 3.63) is 59.1 Å². The van der Waals surface area contributed by atoms with E-state index in [4.69, 9.17) is 16.3 Å². The second kappa shape index (κ2) is 11.0. The number of hydrogen-bond acceptors (Lipinski definition) is 4. The molecule has 0 atom stereocenters. The number of sulfonamides is 1. The average Bonchev–Trinajstić information content (AvgIpc) is 3.26. The van der Waals surface area contributed by atoms with E-state index >= 15 is 0 Å². The van der Waals surface area contributed by atoms with E-state index < -0.39 is 10.0 Å². The zero-order chi connectivity index (χ0) is 22.3. The van der Waals surface area contributed by atoms with Gasteiger partial charge in [0.15, 0.2) is 0 Å². The molecular weight excluding hydrogens is 436 g/mol. The van der Waals surface area contributed by atoms with Crippen LogP contribution in [0.15, 0.2) is 53.4 Å². The van der Waals surface area contributed by atoms with Crippen molar-refractivity contribution in [2.75, 3.05) is 24.0 Å². The number of rotatable bonds is 10. The second-order valence-electron chi connectivity index (χ2n) is 7.78. The molecule has 0 radical (unpaired) electrons. The van der Waals surface area contributed by atoms with Gasteiger partial charge in [-0.15, -0.1) is 0 Å². The Morgan fingerprint density at radius 2 is 1.74 bits per heavy atom. The van der Waals surface area contributed by atoms with Crippen LogP contribution in [-0.2, 0) is 19.6 Å². The molecule has 0 aliphatic heterocycles. The number of nitrogens with zero attached hydrogens (tertiary/aromatic N) is 1. The summed E-state index contributed by atoms with van der Waals surface area (Å²) in [6, 6.07) is 13.0. The number of halogens is 1. The van der Waals surface area contributed by atoms with Gasteiger partial charge in [0.1, 0.15) is 6.54 Å². The molecule has 1 aliphatic rings. The van der Waals surface area contributed by atoms with Gasteiger partial charge in [0.2, 0.25) is 5.91 Å². The maximum absolute atomic E-state index is 13.3. The molecule has 0 spiro atoms. The van der Waals surface area contributed by atoms with E-state index in [9.17, 15) is 13.2 Å². The number of carbonyl (C=O) groups is 1. The molecule has 2 aromatic rings. The Morgan fingerprint density at radius 1 is 1.10 bits per heavy atom. The summed E-state index contributed by atoms with van der Waals surface area (Å²) >= 11 is 5.90. The van der Waals surface area contributed by atoms with Crippen LogP contribution in [0.5, 0.6) is 0 Å². The third-order valence-corrected chi connectivity index (χ3v) is 7.35. The fourth-order valence-corrected chi connectivity index (χ4v) is 5.10. The van der Waals surface area contributed by atoms with Gasteiger partial charge in [0.25, 0.3) is 10.0 Å². The van der Waals surface area contributed by atoms with Crippen LogP contribution in [0.4, 0.5) is 5.69 Å². The third kappa shape index (κ3) is 6.69. The predicted molar refractivity (Wildman–Crippen MR) is 123 cm³/mol. The summed E-state index contributed by atoms with van der Waals surface area (Å²) in [4.78, 5) is 12.6. The van der Waals surface area contributed by atoms with E-state index in [1.54, 1.807) is 12.1 Å². The van der Waals surface area contributed by atoms with Crippen LogP contribution >= 0.6 is 11.6 Å². The van der Waals surface area contributed by atoms with E-state index in [1.807, 2.05) is 19.1 Å². The first-order valence-corrected chi connectivity index (χ1v) is 12.4. The number of nitrogens with one attached hydrogen (secondary N) is 1. The Hall–Kier alpha value is -2.09. The molecule has 0 aromatic heterocycles. The topological polar surface area (TPSA) is 75.7 Å². The van der Waals surface area contributed by atoms with E-state index in [0.29, 0.717) is 36.4 Å². The van der Waals surface area contributed by atoms with Gasteiger partial charge in [0, 0.05) is 18.2 Å². The average molecular weight is 465 g/mol. The summed E-state index contributed by atoms with van der Waals surface area (Å²) in [5.74, 6) is -0.362. The van der Waals surface area contributed by atoms with E-state index in [1.165, 1.54) is 37.1 Å². The number of hydrogen-bond donors (Lipinski definition) is 1. The molecular formula is C23H29ClN2O4S. The van der Waals surface area contributed by atoms with Crippen LogP contribution in [0, 0.1) is 6.92 Å². The quantitative estimate of drug-likeness (QED) is 0.531. The lowest BCUT2D eigenvalue weighted by Gasteiger charge is -2.24. The number of amides is 1. The van der Waals surface area contributed by atoms with Crippen molar-refractivity contribution >= 4 is 33.2 Å². The van der Waals surface area contributed by atoms with E-state index in [2.05, 4.69) is 5.32 Å². The minimum atomic E-state index is -3.94. The van der Waals surface area contributed by atoms with Crippen molar-refractivity contribution in [1.29, 1.82) is 0 Å². The van der Waals surface area contributed by atoms with Gasteiger partial charge in [-0.05, 0) is 62.6 Å². The Bertz CT molecular complexity index is 956. The standard InChI is InChI=1S/C23H29ClN2O4S/c1-18-7-11-20(12-8-18)26(31(28,29)22-13-9-19(24)10-14-22)17-23(27)25-15-4-16-30-21-5-2-3-6-21/h7-14,21H,2-6,15-17H2,1H3,(H,25,27). The maximum atomic E-state index is 13.3. The maximum Gasteiger partial charge on any atom is 0.264 e. The molecule has 1 N–H and O–H groups in total. The normalized spacial score (nSPS) is 14.5. The van der Waals surface area contributed by atoms with Crippen LogP contribution in [-0.4, -0.2) is 40.1 Å². The number of benzene rings is 2. The summed E-state index contributed by atoms with van der Waals surface area (Å²) in [7, 11) is -3.94. The summed E-state index contributed by atoms with van der Waals surface area (Å²) in [5.41, 5.74) is 1.43. The van der Waals surface area contributed by atoms with Crippen molar-refractivity contribution in [3.63, 3.8) is 0 Å². The first kappa shape index (κ1) is 23.6. The highest BCUT2D eigenvalue weighted by Crippen LogP contribution is 2.25. The molecule has 0 saturated heterocycles. The number of aryl methyl sites for hydroxylation is 1. The molecule has 0 unspecified atom stereocenters. The van der Waals surface area contributed by atoms with Crippen molar-refractivity contribution in [2.24, 2.45) is 0 Å². The molecule has 1 aliphatic carbocycles. The van der Waals surface area contributed by atoms with Crippen LogP contribution in [0.3, 0.4) is 0 Å². The first-order valence-electron chi connectivity index (χ1n) is 10.6. The fourth-order valence-electron chi connectivity index (χ4n) is 3.55. The summed E-state index contributed by atoms with van der Waals surface area (Å²) in [6.45, 7) is 2.64. The number of anilines is 1. The zero-order valence-corrected chi connectivity index (χ0v) is 19.3. The molecule has 0 heterocycles. The molecule has 2 aromatic carbocycles. The van der Waals surface area contributed by atoms with Gasteiger partial charge < -0.3 is 10.1 Å². The van der Waals surface area contributed by atoms with Crippen LogP contribution in [0.1, 0.15) is 37.7 Å². The highest BCUT2D eigenvalue weighted by Gasteiger charge is 2.27. The van der Waals surface area contributed by atoms with Crippen molar-refractivity contribution < 1.29 is 17.9 Å². The number of ether oxygens (including phenoxy) is 1. The molecule has 8 heteroatoms. The molecule has 3 rings (SSSR count). The molecule has 1 fully saturated rings. The highest BCUT2D eigenvalue weighted by atomic mass is 35.5. The predicted octanol–water partition coefficient (Wildman–Crippen LogP) is 4.31. The summed E-state index contributed by atoms with van der Waals surface area (Å²) in [5, 5.41) is 3.25. The smallest absolute Gasteiger partial charge is 0.264 e. The van der Waals surface area contributed by atoms with E-state index in [0.717, 1.165) is 22.7 Å². The molecule has 1 amide bonds. The Balaban J connectivity index is 1.64. The van der Waals surface area contributed by atoms with Crippen LogP contribution in [0.2, 0.25) is 5.02 Å². The van der Waals surface area contributed by atoms with Crippen molar-refractivity contribution in [3.8, 4) is 0 Å². The summed E-state index contributed by atoms with van der Waals surface area (Å²) in [6.07, 6.45) is 5.70. The third-order valence-electron chi connectivity index (χ3n) is 5.31. The largest absolute Gasteiger partial charge is 0.378 e. The van der Waals surface area contributed by atoms with Crippen LogP contribution < -0.4 is 9.62 Å². The second-order valence-corrected chi connectivity index (χ2v) is 10.1. The molecule has 31 heavy (non-hydrogen) atoms. The summed E-state index contributed by atoms with van der Waals surface area (Å²) < 4.78 is 33.5. The van der Waals surface area contributed by atoms with Crippen molar-refractivity contribution in [1.82, 2.24) is 5.32 Å². The van der Waals surface area contributed by atoms with Gasteiger partial charge in [0.05, 0.1) is 16.7 Å². The zero-order valence-electron chi connectivity index (χ0n) is 17.7. The Labute approximate surface area is 189 Å². The Morgan fingerprint density at radius 3 is 2.39 bits per heavy atom. The Kier molecular flexibility index (Phi) is 8.35. The monoisotopic (exact) mass is 464 g/mol. The van der Waals surface area contributed by atoms with Gasteiger partial charge in [-0.25, -0.2) is 8.42 Å². The molecule has 1 saturated carbocycles. The SMILES string of the molecule is Cc1ccc(N(CC(=O)NCCCOC2CCCC2)S(=O)(=O)c2ccc(Cl)cc2)cc1. The number of carbonyl (C=O) groups excluding carboxylic acids is 1. The van der Waals surface area contributed by atoms with Gasteiger partial charge in [-0.2, -0.15) is 0 Å². The molecule has 168 valence electrons. The van der Waals surface area contributed by atoms with Gasteiger partial charge in [-0.1, -0.05) is 42.1 Å². The van der Waals surface area contributed by atoms with Crippen LogP contribution in [0.25, 0.3) is 0 Å². The lowest BCUT2D eigenvalue weighted by atomic mass is 10.2. The molecule has 0 bridgehead atoms. The van der Waals surface area contributed by atoms with E-state index in [-0.39, 0.29) is 17.3 Å². The lowest BCUT2D eigenvalue weighted by molar-refractivity contribution is -0.119.